The summed E-state index contributed by atoms with van der Waals surface area (Å²) in [6.07, 6.45) is 1.91. The molecule has 1 N–H and O–H groups in total. The van der Waals surface area contributed by atoms with Crippen LogP contribution in [0.25, 0.3) is 11.8 Å². The monoisotopic (exact) mass is 410 g/mol. The number of nitrogens with one attached hydrogen (secondary N) is 1. The van der Waals surface area contributed by atoms with E-state index in [1.54, 1.807) is 37.5 Å². The summed E-state index contributed by atoms with van der Waals surface area (Å²) >= 11 is 0. The number of methoxy groups -OCH3 is 1. The predicted molar refractivity (Wildman–Crippen MR) is 120 cm³/mol. The van der Waals surface area contributed by atoms with Gasteiger partial charge in [0.05, 0.1) is 19.6 Å². The second-order valence-electron chi connectivity index (χ2n) is 7.02. The number of nitriles is 2. The first-order valence-electron chi connectivity index (χ1n) is 9.69. The Morgan fingerprint density at radius 2 is 1.77 bits per heavy atom. The minimum Gasteiger partial charge on any atom is -0.497 e. The summed E-state index contributed by atoms with van der Waals surface area (Å²) in [5.41, 5.74) is 5.11. The van der Waals surface area contributed by atoms with Crippen molar-refractivity contribution in [3.63, 3.8) is 0 Å². The molecule has 1 aromatic heterocycles. The summed E-state index contributed by atoms with van der Waals surface area (Å²) in [6, 6.07) is 20.7. The third-order valence-electron chi connectivity index (χ3n) is 4.96. The number of hydrogen-bond donors (Lipinski definition) is 1. The first-order valence-corrected chi connectivity index (χ1v) is 9.69. The van der Waals surface area contributed by atoms with Gasteiger partial charge in [-0.05, 0) is 73.5 Å². The molecule has 0 aliphatic rings. The fourth-order valence-electron chi connectivity index (χ4n) is 3.36. The number of carbonyl (C=O) groups is 1. The van der Waals surface area contributed by atoms with Crippen molar-refractivity contribution in [1.29, 1.82) is 10.5 Å². The number of amides is 1. The Labute approximate surface area is 181 Å². The number of nitrogens with zero attached hydrogens (tertiary/aromatic N) is 3. The first kappa shape index (κ1) is 21.4. The van der Waals surface area contributed by atoms with Crippen molar-refractivity contribution >= 4 is 17.7 Å². The maximum Gasteiger partial charge on any atom is 0.266 e. The van der Waals surface area contributed by atoms with Crippen LogP contribution in [0.1, 0.15) is 22.5 Å². The Morgan fingerprint density at radius 1 is 1.10 bits per heavy atom. The zero-order valence-corrected chi connectivity index (χ0v) is 17.6. The lowest BCUT2D eigenvalue weighted by Crippen LogP contribution is -2.13. The zero-order valence-electron chi connectivity index (χ0n) is 17.6. The van der Waals surface area contributed by atoms with Crippen LogP contribution in [-0.2, 0) is 11.2 Å². The molecule has 2 aromatic carbocycles. The normalized spacial score (nSPS) is 10.8. The molecule has 3 rings (SSSR count). The quantitative estimate of drug-likeness (QED) is 0.470. The van der Waals surface area contributed by atoms with E-state index in [0.29, 0.717) is 12.1 Å². The fourth-order valence-corrected chi connectivity index (χ4v) is 3.36. The van der Waals surface area contributed by atoms with Crippen LogP contribution in [0.3, 0.4) is 0 Å². The lowest BCUT2D eigenvalue weighted by Gasteiger charge is -2.10. The number of aryl methyl sites for hydroxylation is 1. The maximum atomic E-state index is 12.6. The molecule has 0 unspecified atom stereocenters. The Balaban J connectivity index is 1.85. The summed E-state index contributed by atoms with van der Waals surface area (Å²) in [6.45, 7) is 3.92. The van der Waals surface area contributed by atoms with E-state index in [1.807, 2.05) is 50.2 Å². The van der Waals surface area contributed by atoms with Crippen molar-refractivity contribution in [3.05, 3.63) is 82.7 Å². The molecule has 0 radical (unpaired) electrons. The van der Waals surface area contributed by atoms with E-state index in [4.69, 9.17) is 10.00 Å². The van der Waals surface area contributed by atoms with Crippen molar-refractivity contribution in [2.24, 2.45) is 0 Å². The highest BCUT2D eigenvalue weighted by Crippen LogP contribution is 2.24. The van der Waals surface area contributed by atoms with E-state index in [-0.39, 0.29) is 5.57 Å². The third-order valence-corrected chi connectivity index (χ3v) is 4.96. The number of anilines is 1. The van der Waals surface area contributed by atoms with E-state index in [2.05, 4.69) is 16.0 Å². The van der Waals surface area contributed by atoms with Crippen LogP contribution in [0.2, 0.25) is 0 Å². The van der Waals surface area contributed by atoms with Gasteiger partial charge >= 0.3 is 0 Å². The van der Waals surface area contributed by atoms with E-state index >= 15 is 0 Å². The molecule has 154 valence electrons. The molecule has 0 spiro atoms. The van der Waals surface area contributed by atoms with Crippen molar-refractivity contribution < 1.29 is 9.53 Å². The average Bonchev–Trinajstić information content (AvgIpc) is 3.06. The second-order valence-corrected chi connectivity index (χ2v) is 7.02. The van der Waals surface area contributed by atoms with Crippen molar-refractivity contribution in [1.82, 2.24) is 4.57 Å². The average molecular weight is 410 g/mol. The molecule has 1 amide bonds. The minimum atomic E-state index is -0.482. The fraction of sp³-hybridized carbons (Fsp3) is 0.160. The number of rotatable bonds is 6. The third kappa shape index (κ3) is 4.83. The number of ether oxygens (including phenoxy) is 1. The highest BCUT2D eigenvalue weighted by atomic mass is 16.5. The van der Waals surface area contributed by atoms with Gasteiger partial charge in [-0.2, -0.15) is 10.5 Å². The summed E-state index contributed by atoms with van der Waals surface area (Å²) in [4.78, 5) is 12.6. The van der Waals surface area contributed by atoms with Gasteiger partial charge in [0, 0.05) is 22.8 Å². The van der Waals surface area contributed by atoms with E-state index in [1.165, 1.54) is 0 Å². The largest absolute Gasteiger partial charge is 0.497 e. The van der Waals surface area contributed by atoms with Gasteiger partial charge in [-0.25, -0.2) is 0 Å². The lowest BCUT2D eigenvalue weighted by atomic mass is 10.1. The van der Waals surface area contributed by atoms with Crippen LogP contribution in [0.4, 0.5) is 5.69 Å². The standard InChI is InChI=1S/C25H22N4O2/c1-17-14-20(18(2)29(17)23-8-10-24(31-3)11-9-23)15-21(16-27)25(30)28-22-6-4-19(5-7-22)12-13-26/h4-11,14-15H,12H2,1-3H3,(H,28,30)/b21-15+. The summed E-state index contributed by atoms with van der Waals surface area (Å²) in [5, 5.41) is 21.0. The lowest BCUT2D eigenvalue weighted by molar-refractivity contribution is -0.112. The minimum absolute atomic E-state index is 0.0103. The predicted octanol–water partition coefficient (Wildman–Crippen LogP) is 4.71. The topological polar surface area (TPSA) is 90.8 Å². The van der Waals surface area contributed by atoms with Crippen LogP contribution in [0.15, 0.2) is 60.2 Å². The molecule has 0 aliphatic heterocycles. The molecule has 0 saturated carbocycles. The van der Waals surface area contributed by atoms with Gasteiger partial charge in [0.25, 0.3) is 5.91 Å². The van der Waals surface area contributed by atoms with E-state index < -0.39 is 5.91 Å². The molecule has 0 bridgehead atoms. The highest BCUT2D eigenvalue weighted by molar-refractivity contribution is 6.09. The summed E-state index contributed by atoms with van der Waals surface area (Å²) in [7, 11) is 1.62. The summed E-state index contributed by atoms with van der Waals surface area (Å²) < 4.78 is 7.28. The van der Waals surface area contributed by atoms with E-state index in [0.717, 1.165) is 34.0 Å². The molecule has 31 heavy (non-hydrogen) atoms. The Bertz CT molecular complexity index is 1200. The first-order chi connectivity index (χ1) is 15.0. The number of benzene rings is 2. The van der Waals surface area contributed by atoms with Gasteiger partial charge in [-0.1, -0.05) is 12.1 Å². The van der Waals surface area contributed by atoms with Crippen LogP contribution < -0.4 is 10.1 Å². The van der Waals surface area contributed by atoms with Crippen molar-refractivity contribution in [3.8, 4) is 23.6 Å². The molecular weight excluding hydrogens is 388 g/mol. The van der Waals surface area contributed by atoms with Gasteiger partial charge in [0.15, 0.2) is 0 Å². The molecule has 1 heterocycles. The maximum absolute atomic E-state index is 12.6. The van der Waals surface area contributed by atoms with Gasteiger partial charge < -0.3 is 14.6 Å². The van der Waals surface area contributed by atoms with Gasteiger partial charge in [-0.15, -0.1) is 0 Å². The van der Waals surface area contributed by atoms with E-state index in [9.17, 15) is 10.1 Å². The van der Waals surface area contributed by atoms with Crippen LogP contribution in [-0.4, -0.2) is 17.6 Å². The van der Waals surface area contributed by atoms with Crippen molar-refractivity contribution in [2.45, 2.75) is 20.3 Å². The van der Waals surface area contributed by atoms with Crippen LogP contribution in [0.5, 0.6) is 5.75 Å². The zero-order chi connectivity index (χ0) is 22.4. The van der Waals surface area contributed by atoms with Crippen LogP contribution in [0, 0.1) is 36.5 Å². The van der Waals surface area contributed by atoms with Gasteiger partial charge in [0.2, 0.25) is 0 Å². The Kier molecular flexibility index (Phi) is 6.54. The smallest absolute Gasteiger partial charge is 0.266 e. The van der Waals surface area contributed by atoms with Crippen LogP contribution >= 0.6 is 0 Å². The SMILES string of the molecule is COc1ccc(-n2c(C)cc(/C=C(\C#N)C(=O)Nc3ccc(CC#N)cc3)c2C)cc1. The molecule has 3 aromatic rings. The molecular formula is C25H22N4O2. The number of hydrogen-bond acceptors (Lipinski definition) is 4. The summed E-state index contributed by atoms with van der Waals surface area (Å²) in [5.74, 6) is 0.292. The van der Waals surface area contributed by atoms with Gasteiger partial charge in [0.1, 0.15) is 17.4 Å². The number of carbonyl (C=O) groups excluding carboxylic acids is 1. The number of aromatic nitrogens is 1. The van der Waals surface area contributed by atoms with Gasteiger partial charge in [-0.3, -0.25) is 4.79 Å². The second kappa shape index (κ2) is 9.47. The highest BCUT2D eigenvalue weighted by Gasteiger charge is 2.14. The molecule has 0 fully saturated rings. The molecule has 0 aliphatic carbocycles. The molecule has 0 atom stereocenters. The Hall–Kier alpha value is -4.29. The van der Waals surface area contributed by atoms with Crippen molar-refractivity contribution in [2.75, 3.05) is 12.4 Å². The Morgan fingerprint density at radius 3 is 2.35 bits per heavy atom. The molecule has 6 heteroatoms. The molecule has 0 saturated heterocycles. The molecule has 6 nitrogen and oxygen atoms in total.